The molecule has 4 rings (SSSR count). The number of piperidine rings is 1. The number of hydrogen-bond acceptors (Lipinski definition) is 5. The fourth-order valence-corrected chi connectivity index (χ4v) is 3.54. The molecule has 1 aliphatic rings. The number of pyridine rings is 2. The Labute approximate surface area is 152 Å². The highest BCUT2D eigenvalue weighted by molar-refractivity contribution is 5.86. The van der Waals surface area contributed by atoms with E-state index in [4.69, 9.17) is 0 Å². The van der Waals surface area contributed by atoms with Crippen LogP contribution in [0.25, 0.3) is 22.2 Å². The summed E-state index contributed by atoms with van der Waals surface area (Å²) in [5.74, 6) is 0.473. The third-order valence-electron chi connectivity index (χ3n) is 5.16. The lowest BCUT2D eigenvalue weighted by atomic mass is 9.90. The molecule has 0 N–H and O–H groups in total. The molecular formula is C20H23N5O. The van der Waals surface area contributed by atoms with Crippen molar-refractivity contribution in [3.8, 4) is 11.3 Å². The first-order valence-corrected chi connectivity index (χ1v) is 9.04. The number of carbonyl (C=O) groups is 1. The average Bonchev–Trinajstić information content (AvgIpc) is 3.08. The summed E-state index contributed by atoms with van der Waals surface area (Å²) in [5, 5.41) is 5.42. The third-order valence-corrected chi connectivity index (χ3v) is 5.16. The molecule has 0 unspecified atom stereocenters. The summed E-state index contributed by atoms with van der Waals surface area (Å²) in [5.41, 5.74) is 3.51. The summed E-state index contributed by atoms with van der Waals surface area (Å²) in [6, 6.07) is 6.02. The Hall–Kier alpha value is -2.60. The van der Waals surface area contributed by atoms with Crippen LogP contribution >= 0.6 is 0 Å². The average molecular weight is 349 g/mol. The van der Waals surface area contributed by atoms with Crippen LogP contribution in [-0.2, 0) is 18.3 Å². The van der Waals surface area contributed by atoms with E-state index in [9.17, 15) is 4.79 Å². The largest absolute Gasteiger partial charge is 0.306 e. The van der Waals surface area contributed by atoms with Gasteiger partial charge in [-0.25, -0.2) is 0 Å². The van der Waals surface area contributed by atoms with Crippen LogP contribution in [0.15, 0.2) is 36.8 Å². The van der Waals surface area contributed by atoms with E-state index < -0.39 is 0 Å². The molecule has 0 bridgehead atoms. The Morgan fingerprint density at radius 2 is 1.96 bits per heavy atom. The molecule has 4 heterocycles. The van der Waals surface area contributed by atoms with Gasteiger partial charge in [0, 0.05) is 48.4 Å². The predicted molar refractivity (Wildman–Crippen MR) is 101 cm³/mol. The van der Waals surface area contributed by atoms with E-state index >= 15 is 0 Å². The highest BCUT2D eigenvalue weighted by atomic mass is 16.1. The summed E-state index contributed by atoms with van der Waals surface area (Å²) < 4.78 is 1.78. The van der Waals surface area contributed by atoms with E-state index in [1.807, 2.05) is 31.6 Å². The van der Waals surface area contributed by atoms with Gasteiger partial charge in [-0.1, -0.05) is 0 Å². The van der Waals surface area contributed by atoms with Crippen molar-refractivity contribution in [1.82, 2.24) is 24.6 Å². The fraction of sp³-hybridized carbons (Fsp3) is 0.400. The molecule has 0 saturated carbocycles. The van der Waals surface area contributed by atoms with Gasteiger partial charge in [0.25, 0.3) is 0 Å². The van der Waals surface area contributed by atoms with E-state index in [1.165, 1.54) is 0 Å². The van der Waals surface area contributed by atoms with Gasteiger partial charge < -0.3 is 4.90 Å². The monoisotopic (exact) mass is 349 g/mol. The molecule has 0 spiro atoms. The number of nitrogens with zero attached hydrogens (tertiary/aromatic N) is 5. The first kappa shape index (κ1) is 16.8. The zero-order valence-corrected chi connectivity index (χ0v) is 15.2. The number of hydrogen-bond donors (Lipinski definition) is 0. The van der Waals surface area contributed by atoms with Gasteiger partial charge in [0.1, 0.15) is 5.78 Å². The second kappa shape index (κ2) is 6.96. The molecule has 0 aromatic carbocycles. The maximum Gasteiger partial charge on any atom is 0.142 e. The first-order chi connectivity index (χ1) is 12.6. The second-order valence-electron chi connectivity index (χ2n) is 7.19. The SMILES string of the molecule is CN1CCC(C(=O)Cc2cc3cc(-c4ccn(C)n4)cnc3cn2)CC1. The molecular weight excluding hydrogens is 326 g/mol. The maximum atomic E-state index is 12.6. The lowest BCUT2D eigenvalue weighted by Crippen LogP contribution is -2.34. The predicted octanol–water partition coefficient (Wildman–Crippen LogP) is 2.48. The number of aryl methyl sites for hydroxylation is 1. The Morgan fingerprint density at radius 3 is 2.69 bits per heavy atom. The molecule has 1 aliphatic heterocycles. The number of ketones is 1. The molecule has 6 nitrogen and oxygen atoms in total. The third kappa shape index (κ3) is 3.51. The Balaban J connectivity index is 1.55. The van der Waals surface area contributed by atoms with Gasteiger partial charge in [-0.05, 0) is 51.2 Å². The number of Topliss-reactive ketones (excluding diaryl/α,β-unsaturated/α-hetero) is 1. The van der Waals surface area contributed by atoms with E-state index in [0.29, 0.717) is 12.2 Å². The van der Waals surface area contributed by atoms with Gasteiger partial charge in [0.2, 0.25) is 0 Å². The summed E-state index contributed by atoms with van der Waals surface area (Å²) in [6.45, 7) is 2.00. The molecule has 1 fully saturated rings. The van der Waals surface area contributed by atoms with Gasteiger partial charge in [0.15, 0.2) is 0 Å². The lowest BCUT2D eigenvalue weighted by Gasteiger charge is -2.27. The normalized spacial score (nSPS) is 16.2. The van der Waals surface area contributed by atoms with Crippen LogP contribution in [0.2, 0.25) is 0 Å². The van der Waals surface area contributed by atoms with Crippen LogP contribution in [0.5, 0.6) is 0 Å². The van der Waals surface area contributed by atoms with Gasteiger partial charge in [-0.2, -0.15) is 5.10 Å². The van der Waals surface area contributed by atoms with Crippen molar-refractivity contribution in [2.45, 2.75) is 19.3 Å². The molecule has 0 radical (unpaired) electrons. The molecule has 3 aromatic heterocycles. The van der Waals surface area contributed by atoms with Gasteiger partial charge in [0.05, 0.1) is 17.4 Å². The topological polar surface area (TPSA) is 63.9 Å². The number of carbonyl (C=O) groups excluding carboxylic acids is 1. The quantitative estimate of drug-likeness (QED) is 0.724. The highest BCUT2D eigenvalue weighted by Crippen LogP contribution is 2.23. The number of rotatable bonds is 4. The highest BCUT2D eigenvalue weighted by Gasteiger charge is 2.23. The summed E-state index contributed by atoms with van der Waals surface area (Å²) >= 11 is 0. The smallest absolute Gasteiger partial charge is 0.142 e. The summed E-state index contributed by atoms with van der Waals surface area (Å²) in [4.78, 5) is 23.8. The van der Waals surface area contributed by atoms with Crippen molar-refractivity contribution < 1.29 is 4.79 Å². The second-order valence-corrected chi connectivity index (χ2v) is 7.19. The molecule has 0 aliphatic carbocycles. The van der Waals surface area contributed by atoms with Crippen LogP contribution < -0.4 is 0 Å². The first-order valence-electron chi connectivity index (χ1n) is 9.04. The van der Waals surface area contributed by atoms with Crippen LogP contribution in [0, 0.1) is 5.92 Å². The van der Waals surface area contributed by atoms with Crippen LogP contribution in [0.3, 0.4) is 0 Å². The van der Waals surface area contributed by atoms with Crippen molar-refractivity contribution in [2.24, 2.45) is 13.0 Å². The summed E-state index contributed by atoms with van der Waals surface area (Å²) in [7, 11) is 4.01. The van der Waals surface area contributed by atoms with Crippen molar-refractivity contribution in [2.75, 3.05) is 20.1 Å². The minimum Gasteiger partial charge on any atom is -0.306 e. The molecule has 0 atom stereocenters. The Kier molecular flexibility index (Phi) is 4.51. The molecule has 0 amide bonds. The molecule has 1 saturated heterocycles. The number of aromatic nitrogens is 4. The van der Waals surface area contributed by atoms with Crippen molar-refractivity contribution in [3.63, 3.8) is 0 Å². The number of fused-ring (bicyclic) bond motifs is 1. The van der Waals surface area contributed by atoms with Crippen LogP contribution in [-0.4, -0.2) is 50.6 Å². The van der Waals surface area contributed by atoms with Gasteiger partial charge in [-0.15, -0.1) is 0 Å². The van der Waals surface area contributed by atoms with Crippen molar-refractivity contribution >= 4 is 16.7 Å². The lowest BCUT2D eigenvalue weighted by molar-refractivity contribution is -0.123. The maximum absolute atomic E-state index is 12.6. The van der Waals surface area contributed by atoms with E-state index in [-0.39, 0.29) is 5.92 Å². The van der Waals surface area contributed by atoms with E-state index in [1.54, 1.807) is 10.9 Å². The molecule has 3 aromatic rings. The standard InChI is InChI=1S/C20H23N5O/c1-24-6-3-14(4-7-24)20(26)11-17-10-15-9-16(12-22-19(15)13-21-17)18-5-8-25(2)23-18/h5,8-10,12-14H,3-4,6-7,11H2,1-2H3. The minimum atomic E-state index is 0.168. The van der Waals surface area contributed by atoms with Gasteiger partial charge in [-0.3, -0.25) is 19.4 Å². The van der Waals surface area contributed by atoms with Crippen LogP contribution in [0.1, 0.15) is 18.5 Å². The Bertz CT molecular complexity index is 940. The van der Waals surface area contributed by atoms with E-state index in [2.05, 4.69) is 33.1 Å². The zero-order chi connectivity index (χ0) is 18.1. The molecule has 134 valence electrons. The Morgan fingerprint density at radius 1 is 1.15 bits per heavy atom. The van der Waals surface area contributed by atoms with E-state index in [0.717, 1.165) is 53.8 Å². The molecule has 6 heteroatoms. The van der Waals surface area contributed by atoms with Gasteiger partial charge >= 0.3 is 0 Å². The van der Waals surface area contributed by atoms with Crippen molar-refractivity contribution in [1.29, 1.82) is 0 Å². The minimum absolute atomic E-state index is 0.168. The zero-order valence-electron chi connectivity index (χ0n) is 15.2. The number of likely N-dealkylation sites (tertiary alicyclic amines) is 1. The van der Waals surface area contributed by atoms with Crippen LogP contribution in [0.4, 0.5) is 0 Å². The summed E-state index contributed by atoms with van der Waals surface area (Å²) in [6.07, 6.45) is 7.79. The molecule has 26 heavy (non-hydrogen) atoms. The van der Waals surface area contributed by atoms with Crippen molar-refractivity contribution in [3.05, 3.63) is 42.5 Å². The fourth-order valence-electron chi connectivity index (χ4n) is 3.54.